The molecule has 0 fully saturated rings. The predicted octanol–water partition coefficient (Wildman–Crippen LogP) is 3.56. The van der Waals surface area contributed by atoms with Crippen LogP contribution < -0.4 is 11.1 Å². The van der Waals surface area contributed by atoms with Gasteiger partial charge in [0.15, 0.2) is 0 Å². The molecule has 106 valence electrons. The van der Waals surface area contributed by atoms with E-state index < -0.39 is 0 Å². The molecule has 0 radical (unpaired) electrons. The molecule has 1 heterocycles. The molecule has 0 saturated carbocycles. The molecule has 4 rings (SSSR count). The first-order chi connectivity index (χ1) is 10.3. The van der Waals surface area contributed by atoms with E-state index in [9.17, 15) is 0 Å². The van der Waals surface area contributed by atoms with Gasteiger partial charge in [0, 0.05) is 16.5 Å². The molecule has 0 spiro atoms. The number of hydrogen-bond acceptors (Lipinski definition) is 3. The van der Waals surface area contributed by atoms with Gasteiger partial charge in [-0.05, 0) is 29.5 Å². The summed E-state index contributed by atoms with van der Waals surface area (Å²) in [5, 5.41) is 3.51. The van der Waals surface area contributed by atoms with E-state index in [2.05, 4.69) is 59.9 Å². The summed E-state index contributed by atoms with van der Waals surface area (Å²) in [5.41, 5.74) is 11.6. The zero-order chi connectivity index (χ0) is 14.2. The maximum absolute atomic E-state index is 6.12. The van der Waals surface area contributed by atoms with Crippen LogP contribution in [0.25, 0.3) is 0 Å². The fraction of sp³-hybridized carbons (Fsp3) is 0.222. The van der Waals surface area contributed by atoms with Gasteiger partial charge in [-0.1, -0.05) is 66.4 Å². The molecule has 1 aliphatic carbocycles. The van der Waals surface area contributed by atoms with Crippen molar-refractivity contribution in [1.29, 1.82) is 0 Å². The van der Waals surface area contributed by atoms with Crippen molar-refractivity contribution in [2.75, 3.05) is 0 Å². The number of nitrogens with two attached hydrogens (primary N) is 1. The lowest BCUT2D eigenvalue weighted by Crippen LogP contribution is -2.31. The summed E-state index contributed by atoms with van der Waals surface area (Å²) in [6.45, 7) is 0. The Morgan fingerprint density at radius 2 is 1.71 bits per heavy atom. The minimum Gasteiger partial charge on any atom is -0.363 e. The lowest BCUT2D eigenvalue weighted by atomic mass is 9.86. The fourth-order valence-corrected chi connectivity index (χ4v) is 4.37. The third-order valence-corrected chi connectivity index (χ3v) is 5.36. The Hall–Kier alpha value is -1.71. The second-order valence-electron chi connectivity index (χ2n) is 5.56. The molecule has 1 aliphatic heterocycles. The Morgan fingerprint density at radius 3 is 2.57 bits per heavy atom. The average Bonchev–Trinajstić information content (AvgIpc) is 2.81. The van der Waals surface area contributed by atoms with Crippen molar-refractivity contribution < 1.29 is 0 Å². The average molecular weight is 294 g/mol. The third kappa shape index (κ3) is 2.27. The minimum absolute atomic E-state index is 0.00789. The van der Waals surface area contributed by atoms with E-state index in [1.807, 2.05) is 0 Å². The first-order valence-corrected chi connectivity index (χ1v) is 8.25. The highest BCUT2D eigenvalue weighted by Gasteiger charge is 2.32. The Kier molecular flexibility index (Phi) is 3.24. The molecule has 2 aliphatic rings. The monoisotopic (exact) mass is 294 g/mol. The highest BCUT2D eigenvalue weighted by molar-refractivity contribution is 8.03. The van der Waals surface area contributed by atoms with Crippen molar-refractivity contribution >= 4 is 11.8 Å². The minimum atomic E-state index is -0.00789. The summed E-state index contributed by atoms with van der Waals surface area (Å²) in [7, 11) is 0. The van der Waals surface area contributed by atoms with Gasteiger partial charge in [0.05, 0.1) is 0 Å². The van der Waals surface area contributed by atoms with E-state index in [1.54, 1.807) is 11.8 Å². The molecular weight excluding hydrogens is 276 g/mol. The largest absolute Gasteiger partial charge is 0.363 e. The Bertz CT molecular complexity index is 693. The molecule has 0 amide bonds. The van der Waals surface area contributed by atoms with Gasteiger partial charge in [-0.3, -0.25) is 0 Å². The van der Waals surface area contributed by atoms with E-state index in [4.69, 9.17) is 5.73 Å². The topological polar surface area (TPSA) is 38.0 Å². The zero-order valence-electron chi connectivity index (χ0n) is 11.8. The van der Waals surface area contributed by atoms with Gasteiger partial charge in [-0.25, -0.2) is 0 Å². The van der Waals surface area contributed by atoms with Crippen LogP contribution >= 0.6 is 11.8 Å². The SMILES string of the molecule is NC1NC2=C(CCc3ccccc3C2c2ccccc2)S1. The van der Waals surface area contributed by atoms with E-state index >= 15 is 0 Å². The van der Waals surface area contributed by atoms with Gasteiger partial charge < -0.3 is 11.1 Å². The second-order valence-corrected chi connectivity index (χ2v) is 6.80. The fourth-order valence-electron chi connectivity index (χ4n) is 3.36. The molecule has 2 aromatic carbocycles. The Balaban J connectivity index is 1.90. The molecular formula is C18H18N2S. The van der Waals surface area contributed by atoms with Gasteiger partial charge >= 0.3 is 0 Å². The molecule has 0 bridgehead atoms. The number of benzene rings is 2. The summed E-state index contributed by atoms with van der Waals surface area (Å²) in [6, 6.07) is 19.5. The molecule has 2 aromatic rings. The number of allylic oxidation sites excluding steroid dienone is 2. The van der Waals surface area contributed by atoms with Crippen LogP contribution in [-0.4, -0.2) is 5.50 Å². The lowest BCUT2D eigenvalue weighted by Gasteiger charge is -2.22. The van der Waals surface area contributed by atoms with Gasteiger partial charge in [0.2, 0.25) is 0 Å². The molecule has 21 heavy (non-hydrogen) atoms. The standard InChI is InChI=1S/C18H18N2S/c19-18-20-17-15(21-18)11-10-12-6-4-5-9-14(12)16(17)13-7-2-1-3-8-13/h1-9,16,18,20H,10-11,19H2. The third-order valence-electron chi connectivity index (χ3n) is 4.28. The molecule has 0 saturated heterocycles. The van der Waals surface area contributed by atoms with Crippen molar-refractivity contribution in [1.82, 2.24) is 5.32 Å². The quantitative estimate of drug-likeness (QED) is 0.844. The molecule has 2 unspecified atom stereocenters. The molecule has 3 N–H and O–H groups in total. The molecule has 2 atom stereocenters. The normalized spacial score (nSPS) is 24.0. The summed E-state index contributed by atoms with van der Waals surface area (Å²) < 4.78 is 0. The number of hydrogen-bond donors (Lipinski definition) is 2. The van der Waals surface area contributed by atoms with Crippen molar-refractivity contribution in [2.45, 2.75) is 24.3 Å². The van der Waals surface area contributed by atoms with Crippen LogP contribution in [0.4, 0.5) is 0 Å². The van der Waals surface area contributed by atoms with Crippen LogP contribution in [0.2, 0.25) is 0 Å². The summed E-state index contributed by atoms with van der Waals surface area (Å²) in [4.78, 5) is 1.42. The van der Waals surface area contributed by atoms with Crippen molar-refractivity contribution in [3.8, 4) is 0 Å². The first kappa shape index (κ1) is 13.0. The van der Waals surface area contributed by atoms with Crippen molar-refractivity contribution in [3.05, 3.63) is 81.9 Å². The molecule has 3 heteroatoms. The van der Waals surface area contributed by atoms with Crippen LogP contribution in [0.3, 0.4) is 0 Å². The van der Waals surface area contributed by atoms with Gasteiger partial charge in [-0.15, -0.1) is 0 Å². The second kappa shape index (κ2) is 5.24. The van der Waals surface area contributed by atoms with Crippen LogP contribution in [0.15, 0.2) is 65.2 Å². The molecule has 0 aromatic heterocycles. The van der Waals surface area contributed by atoms with E-state index in [0.29, 0.717) is 0 Å². The van der Waals surface area contributed by atoms with Gasteiger partial charge in [0.25, 0.3) is 0 Å². The maximum atomic E-state index is 6.12. The predicted molar refractivity (Wildman–Crippen MR) is 88.8 cm³/mol. The van der Waals surface area contributed by atoms with Crippen LogP contribution in [0.5, 0.6) is 0 Å². The summed E-state index contributed by atoms with van der Waals surface area (Å²) in [5.74, 6) is 0.279. The van der Waals surface area contributed by atoms with Crippen LogP contribution in [0, 0.1) is 0 Å². The number of rotatable bonds is 1. The highest BCUT2D eigenvalue weighted by Crippen LogP contribution is 2.44. The zero-order valence-corrected chi connectivity index (χ0v) is 12.6. The number of aryl methyl sites for hydroxylation is 1. The van der Waals surface area contributed by atoms with Crippen LogP contribution in [0.1, 0.15) is 29.0 Å². The van der Waals surface area contributed by atoms with Gasteiger partial charge in [0.1, 0.15) is 5.50 Å². The van der Waals surface area contributed by atoms with Gasteiger partial charge in [-0.2, -0.15) is 0 Å². The lowest BCUT2D eigenvalue weighted by molar-refractivity contribution is 0.726. The number of nitrogens with one attached hydrogen (secondary N) is 1. The number of fused-ring (bicyclic) bond motifs is 1. The smallest absolute Gasteiger partial charge is 0.127 e. The van der Waals surface area contributed by atoms with Crippen LogP contribution in [-0.2, 0) is 6.42 Å². The van der Waals surface area contributed by atoms with E-state index in [0.717, 1.165) is 12.8 Å². The van der Waals surface area contributed by atoms with Crippen molar-refractivity contribution in [3.63, 3.8) is 0 Å². The Morgan fingerprint density at radius 1 is 0.952 bits per heavy atom. The van der Waals surface area contributed by atoms with E-state index in [1.165, 1.54) is 27.3 Å². The maximum Gasteiger partial charge on any atom is 0.127 e. The summed E-state index contributed by atoms with van der Waals surface area (Å²) >= 11 is 1.78. The highest BCUT2D eigenvalue weighted by atomic mass is 32.2. The molecule has 2 nitrogen and oxygen atoms in total. The summed E-state index contributed by atoms with van der Waals surface area (Å²) in [6.07, 6.45) is 2.18. The Labute approximate surface area is 129 Å². The van der Waals surface area contributed by atoms with E-state index in [-0.39, 0.29) is 11.4 Å². The number of thioether (sulfide) groups is 1. The first-order valence-electron chi connectivity index (χ1n) is 7.37. The van der Waals surface area contributed by atoms with Crippen molar-refractivity contribution in [2.24, 2.45) is 5.73 Å².